The second-order valence-electron chi connectivity index (χ2n) is 3.90. The quantitative estimate of drug-likeness (QED) is 0.460. The fourth-order valence-corrected chi connectivity index (χ4v) is 1.26. The van der Waals surface area contributed by atoms with Crippen LogP contribution >= 0.6 is 0 Å². The van der Waals surface area contributed by atoms with Crippen LogP contribution in [-0.2, 0) is 9.47 Å². The third-order valence-corrected chi connectivity index (χ3v) is 2.06. The molecule has 0 spiro atoms. The van der Waals surface area contributed by atoms with E-state index in [0.717, 1.165) is 0 Å². The number of nitrogen functional groups attached to an aromatic ring is 2. The van der Waals surface area contributed by atoms with Crippen molar-refractivity contribution in [2.45, 2.75) is 20.0 Å². The number of hydrogen-bond donors (Lipinski definition) is 2. The molecule has 1 aromatic carbocycles. The Bertz CT molecular complexity index is 391. The van der Waals surface area contributed by atoms with Gasteiger partial charge in [-0.2, -0.15) is 0 Å². The van der Waals surface area contributed by atoms with Gasteiger partial charge >= 0.3 is 5.97 Å². The number of carbonyl (C=O) groups is 1. The van der Waals surface area contributed by atoms with Gasteiger partial charge in [0.1, 0.15) is 6.61 Å². The fraction of sp³-hybridized carbons (Fsp3) is 0.417. The average Bonchev–Trinajstić information content (AvgIpc) is 2.23. The Morgan fingerprint density at radius 1 is 1.29 bits per heavy atom. The minimum atomic E-state index is -0.463. The highest BCUT2D eigenvalue weighted by Crippen LogP contribution is 2.16. The first-order chi connectivity index (χ1) is 8.00. The molecule has 0 aliphatic carbocycles. The molecule has 0 saturated heterocycles. The molecule has 0 saturated carbocycles. The van der Waals surface area contributed by atoms with E-state index in [2.05, 4.69) is 0 Å². The van der Waals surface area contributed by atoms with Crippen molar-refractivity contribution in [1.29, 1.82) is 0 Å². The Morgan fingerprint density at radius 3 is 2.59 bits per heavy atom. The Hall–Kier alpha value is -1.75. The zero-order valence-corrected chi connectivity index (χ0v) is 10.1. The topological polar surface area (TPSA) is 87.6 Å². The van der Waals surface area contributed by atoms with Crippen LogP contribution in [0.2, 0.25) is 0 Å². The molecule has 1 aromatic rings. The van der Waals surface area contributed by atoms with Crippen LogP contribution in [0.25, 0.3) is 0 Å². The second kappa shape index (κ2) is 6.10. The van der Waals surface area contributed by atoms with Crippen molar-refractivity contribution in [3.8, 4) is 0 Å². The maximum Gasteiger partial charge on any atom is 0.340 e. The van der Waals surface area contributed by atoms with E-state index in [-0.39, 0.29) is 12.7 Å². The van der Waals surface area contributed by atoms with E-state index in [1.165, 1.54) is 6.07 Å². The number of carbonyl (C=O) groups excluding carboxylic acids is 1. The number of nitrogens with two attached hydrogens (primary N) is 2. The molecule has 5 nitrogen and oxygen atoms in total. The zero-order chi connectivity index (χ0) is 12.8. The highest BCUT2D eigenvalue weighted by Gasteiger charge is 2.11. The number of hydrogen-bond acceptors (Lipinski definition) is 5. The maximum absolute atomic E-state index is 11.6. The van der Waals surface area contributed by atoms with Gasteiger partial charge in [0.2, 0.25) is 0 Å². The second-order valence-corrected chi connectivity index (χ2v) is 3.90. The van der Waals surface area contributed by atoms with E-state index >= 15 is 0 Å². The lowest BCUT2D eigenvalue weighted by atomic mass is 10.1. The molecular formula is C12H18N2O3. The summed E-state index contributed by atoms with van der Waals surface area (Å²) in [7, 11) is 0. The van der Waals surface area contributed by atoms with Crippen LogP contribution in [0.3, 0.4) is 0 Å². The van der Waals surface area contributed by atoms with Gasteiger partial charge in [-0.05, 0) is 32.0 Å². The van der Waals surface area contributed by atoms with Crippen molar-refractivity contribution in [2.24, 2.45) is 0 Å². The van der Waals surface area contributed by atoms with Crippen molar-refractivity contribution in [1.82, 2.24) is 0 Å². The summed E-state index contributed by atoms with van der Waals surface area (Å²) in [5.74, 6) is -0.463. The molecule has 0 aromatic heterocycles. The highest BCUT2D eigenvalue weighted by atomic mass is 16.6. The zero-order valence-electron chi connectivity index (χ0n) is 10.1. The van der Waals surface area contributed by atoms with Crippen molar-refractivity contribution in [3.05, 3.63) is 23.8 Å². The van der Waals surface area contributed by atoms with Crippen LogP contribution in [0.5, 0.6) is 0 Å². The van der Waals surface area contributed by atoms with E-state index in [9.17, 15) is 4.79 Å². The summed E-state index contributed by atoms with van der Waals surface area (Å²) in [6, 6.07) is 4.69. The summed E-state index contributed by atoms with van der Waals surface area (Å²) in [6.07, 6.45) is 0.121. The number of anilines is 2. The molecule has 0 fully saturated rings. The molecule has 0 unspecified atom stereocenters. The summed E-state index contributed by atoms with van der Waals surface area (Å²) in [6.45, 7) is 4.42. The Kier molecular flexibility index (Phi) is 4.78. The van der Waals surface area contributed by atoms with Crippen molar-refractivity contribution in [2.75, 3.05) is 24.7 Å². The summed E-state index contributed by atoms with van der Waals surface area (Å²) in [5.41, 5.74) is 12.4. The average molecular weight is 238 g/mol. The Balaban J connectivity index is 2.47. The van der Waals surface area contributed by atoms with Crippen LogP contribution in [-0.4, -0.2) is 25.3 Å². The molecule has 17 heavy (non-hydrogen) atoms. The number of rotatable bonds is 5. The molecule has 5 heteroatoms. The first-order valence-corrected chi connectivity index (χ1v) is 5.44. The van der Waals surface area contributed by atoms with Crippen LogP contribution < -0.4 is 11.5 Å². The first-order valence-electron chi connectivity index (χ1n) is 5.44. The lowest BCUT2D eigenvalue weighted by Crippen LogP contribution is -2.14. The van der Waals surface area contributed by atoms with Gasteiger partial charge in [0, 0.05) is 11.4 Å². The van der Waals surface area contributed by atoms with Gasteiger partial charge in [0.25, 0.3) is 0 Å². The van der Waals surface area contributed by atoms with E-state index < -0.39 is 5.97 Å². The third kappa shape index (κ3) is 4.32. The van der Waals surface area contributed by atoms with Crippen LogP contribution in [0, 0.1) is 0 Å². The van der Waals surface area contributed by atoms with Crippen LogP contribution in [0.4, 0.5) is 11.4 Å². The molecule has 94 valence electrons. The van der Waals surface area contributed by atoms with E-state index in [4.69, 9.17) is 20.9 Å². The SMILES string of the molecule is CC(C)OCCOC(=O)c1ccc(N)cc1N. The Labute approximate surface area is 101 Å². The lowest BCUT2D eigenvalue weighted by molar-refractivity contribution is 0.0177. The first kappa shape index (κ1) is 13.3. The molecule has 4 N–H and O–H groups in total. The summed E-state index contributed by atoms with van der Waals surface area (Å²) in [5, 5.41) is 0. The van der Waals surface area contributed by atoms with E-state index in [0.29, 0.717) is 23.5 Å². The van der Waals surface area contributed by atoms with Gasteiger partial charge in [0.15, 0.2) is 0 Å². The smallest absolute Gasteiger partial charge is 0.340 e. The van der Waals surface area contributed by atoms with Gasteiger partial charge in [0.05, 0.1) is 18.3 Å². The normalized spacial score (nSPS) is 10.5. The predicted molar refractivity (Wildman–Crippen MR) is 66.6 cm³/mol. The van der Waals surface area contributed by atoms with Gasteiger partial charge in [-0.15, -0.1) is 0 Å². The molecule has 0 bridgehead atoms. The minimum absolute atomic E-state index is 0.121. The molecule has 0 heterocycles. The predicted octanol–water partition coefficient (Wildman–Crippen LogP) is 1.43. The van der Waals surface area contributed by atoms with Crippen molar-refractivity contribution < 1.29 is 14.3 Å². The lowest BCUT2D eigenvalue weighted by Gasteiger charge is -2.09. The molecule has 1 rings (SSSR count). The van der Waals surface area contributed by atoms with Gasteiger partial charge in [-0.3, -0.25) is 0 Å². The Morgan fingerprint density at radius 2 is 2.00 bits per heavy atom. The fourth-order valence-electron chi connectivity index (χ4n) is 1.26. The minimum Gasteiger partial charge on any atom is -0.460 e. The standard InChI is InChI=1S/C12H18N2O3/c1-8(2)16-5-6-17-12(15)10-4-3-9(13)7-11(10)14/h3-4,7-8H,5-6,13-14H2,1-2H3. The number of esters is 1. The molecule has 0 atom stereocenters. The van der Waals surface area contributed by atoms with E-state index in [1.807, 2.05) is 13.8 Å². The monoisotopic (exact) mass is 238 g/mol. The summed E-state index contributed by atoms with van der Waals surface area (Å²) in [4.78, 5) is 11.6. The van der Waals surface area contributed by atoms with Crippen LogP contribution in [0.1, 0.15) is 24.2 Å². The number of benzene rings is 1. The molecular weight excluding hydrogens is 220 g/mol. The van der Waals surface area contributed by atoms with Crippen LogP contribution in [0.15, 0.2) is 18.2 Å². The largest absolute Gasteiger partial charge is 0.460 e. The number of ether oxygens (including phenoxy) is 2. The summed E-state index contributed by atoms with van der Waals surface area (Å²) < 4.78 is 10.3. The van der Waals surface area contributed by atoms with Gasteiger partial charge < -0.3 is 20.9 Å². The van der Waals surface area contributed by atoms with Crippen molar-refractivity contribution >= 4 is 17.3 Å². The molecule has 0 radical (unpaired) electrons. The van der Waals surface area contributed by atoms with E-state index in [1.54, 1.807) is 12.1 Å². The van der Waals surface area contributed by atoms with Gasteiger partial charge in [-0.1, -0.05) is 0 Å². The highest BCUT2D eigenvalue weighted by molar-refractivity contribution is 5.95. The molecule has 0 aliphatic rings. The van der Waals surface area contributed by atoms with Crippen molar-refractivity contribution in [3.63, 3.8) is 0 Å². The van der Waals surface area contributed by atoms with Gasteiger partial charge in [-0.25, -0.2) is 4.79 Å². The third-order valence-electron chi connectivity index (χ3n) is 2.06. The molecule has 0 amide bonds. The summed E-state index contributed by atoms with van der Waals surface area (Å²) >= 11 is 0. The molecule has 0 aliphatic heterocycles. The maximum atomic E-state index is 11.6.